The second-order valence-electron chi connectivity index (χ2n) is 13.0. The highest BCUT2D eigenvalue weighted by Gasteiger charge is 2.18. The summed E-state index contributed by atoms with van der Waals surface area (Å²) in [6.45, 7) is 0. The fraction of sp³-hybridized carbons (Fsp3) is 0. The van der Waals surface area contributed by atoms with Gasteiger partial charge in [-0.1, -0.05) is 140 Å². The maximum Gasteiger partial charge on any atom is 0.0788 e. The number of nitrogens with zero attached hydrogens (tertiary/aromatic N) is 3. The summed E-state index contributed by atoms with van der Waals surface area (Å²) in [6, 6.07) is 66.7. The van der Waals surface area contributed by atoms with Crippen LogP contribution in [0, 0.1) is 0 Å². The van der Waals surface area contributed by atoms with E-state index < -0.39 is 0 Å². The molecule has 0 aliphatic carbocycles. The molecule has 0 unspecified atom stereocenters. The van der Waals surface area contributed by atoms with Crippen LogP contribution in [0.3, 0.4) is 0 Å². The Hall–Kier alpha value is -6.84. The molecule has 0 bridgehead atoms. The van der Waals surface area contributed by atoms with Gasteiger partial charge >= 0.3 is 0 Å². The molecule has 0 aliphatic heterocycles. The van der Waals surface area contributed by atoms with Crippen molar-refractivity contribution in [2.45, 2.75) is 0 Å². The first kappa shape index (κ1) is 29.1. The minimum absolute atomic E-state index is 0.935. The monoisotopic (exact) mass is 649 g/mol. The number of rotatable bonds is 5. The molecule has 0 atom stereocenters. The molecular formula is C48H31N3. The maximum atomic E-state index is 5.24. The quantitative estimate of drug-likeness (QED) is 0.174. The Labute approximate surface area is 295 Å². The molecule has 0 spiro atoms. The lowest BCUT2D eigenvalue weighted by atomic mass is 9.98. The Bertz CT molecular complexity index is 2830. The van der Waals surface area contributed by atoms with Crippen molar-refractivity contribution < 1.29 is 0 Å². The second-order valence-corrected chi connectivity index (χ2v) is 13.0. The molecule has 51 heavy (non-hydrogen) atoms. The van der Waals surface area contributed by atoms with E-state index in [-0.39, 0.29) is 0 Å². The summed E-state index contributed by atoms with van der Waals surface area (Å²) in [6.07, 6.45) is 0. The fourth-order valence-corrected chi connectivity index (χ4v) is 7.54. The van der Waals surface area contributed by atoms with Crippen LogP contribution in [-0.4, -0.2) is 14.5 Å². The normalized spacial score (nSPS) is 11.5. The zero-order valence-electron chi connectivity index (χ0n) is 27.7. The number of aromatic nitrogens is 3. The number of hydrogen-bond donors (Lipinski definition) is 0. The first-order chi connectivity index (χ1) is 25.3. The van der Waals surface area contributed by atoms with Crippen LogP contribution in [-0.2, 0) is 0 Å². The van der Waals surface area contributed by atoms with Crippen molar-refractivity contribution in [1.29, 1.82) is 0 Å². The molecule has 0 radical (unpaired) electrons. The van der Waals surface area contributed by atoms with E-state index in [9.17, 15) is 0 Å². The van der Waals surface area contributed by atoms with Gasteiger partial charge in [-0.05, 0) is 65.0 Å². The Balaban J connectivity index is 1.22. The van der Waals surface area contributed by atoms with E-state index >= 15 is 0 Å². The molecule has 3 heteroatoms. The van der Waals surface area contributed by atoms with E-state index in [0.29, 0.717) is 0 Å². The Morgan fingerprint density at radius 2 is 0.922 bits per heavy atom. The topological polar surface area (TPSA) is 30.7 Å². The van der Waals surface area contributed by atoms with Gasteiger partial charge < -0.3 is 4.57 Å². The second kappa shape index (κ2) is 11.9. The van der Waals surface area contributed by atoms with Gasteiger partial charge in [-0.2, -0.15) is 0 Å². The van der Waals surface area contributed by atoms with Crippen LogP contribution >= 0.6 is 0 Å². The predicted octanol–water partition coefficient (Wildman–Crippen LogP) is 12.5. The van der Waals surface area contributed by atoms with E-state index in [4.69, 9.17) is 9.97 Å². The minimum Gasteiger partial charge on any atom is -0.309 e. The molecule has 3 nitrogen and oxygen atoms in total. The van der Waals surface area contributed by atoms with E-state index in [0.717, 1.165) is 72.3 Å². The summed E-state index contributed by atoms with van der Waals surface area (Å²) in [5, 5.41) is 5.94. The van der Waals surface area contributed by atoms with Crippen molar-refractivity contribution in [1.82, 2.24) is 14.5 Å². The van der Waals surface area contributed by atoms with Crippen molar-refractivity contribution in [3.8, 4) is 50.6 Å². The van der Waals surface area contributed by atoms with Crippen molar-refractivity contribution in [2.24, 2.45) is 0 Å². The molecule has 10 rings (SSSR count). The minimum atomic E-state index is 0.935. The third kappa shape index (κ3) is 4.98. The molecule has 0 N–H and O–H groups in total. The van der Waals surface area contributed by atoms with Gasteiger partial charge in [0.15, 0.2) is 0 Å². The molecule has 0 aliphatic rings. The van der Waals surface area contributed by atoms with Crippen molar-refractivity contribution in [2.75, 3.05) is 0 Å². The maximum absolute atomic E-state index is 5.24. The molecule has 7 aromatic carbocycles. The molecule has 0 amide bonds. The highest BCUT2D eigenvalue weighted by molar-refractivity contribution is 6.20. The van der Waals surface area contributed by atoms with Gasteiger partial charge in [-0.25, -0.2) is 9.97 Å². The lowest BCUT2D eigenvalue weighted by molar-refractivity contribution is 1.18. The number of benzene rings is 7. The molecule has 0 saturated carbocycles. The van der Waals surface area contributed by atoms with Crippen LogP contribution in [0.1, 0.15) is 0 Å². The largest absolute Gasteiger partial charge is 0.309 e. The summed E-state index contributed by atoms with van der Waals surface area (Å²) in [4.78, 5) is 10.5. The number of fused-ring (bicyclic) bond motifs is 6. The summed E-state index contributed by atoms with van der Waals surface area (Å²) in [5.41, 5.74) is 12.8. The van der Waals surface area contributed by atoms with Crippen molar-refractivity contribution >= 4 is 43.5 Å². The summed E-state index contributed by atoms with van der Waals surface area (Å²) < 4.78 is 2.40. The summed E-state index contributed by atoms with van der Waals surface area (Å²) in [5.74, 6) is 0. The number of para-hydroxylation sites is 2. The SMILES string of the molecule is c1ccc(-c2cc(-c3ccccc3)nc(-c3cccc(-n4c5ccccc5c5cc6c(cc54)c(-c4ccccc4)nc4ccccc46)c3)c2)cc1. The number of hydrogen-bond acceptors (Lipinski definition) is 2. The third-order valence-corrected chi connectivity index (χ3v) is 9.94. The fourth-order valence-electron chi connectivity index (χ4n) is 7.54. The first-order valence-electron chi connectivity index (χ1n) is 17.3. The Morgan fingerprint density at radius 1 is 0.314 bits per heavy atom. The molecular weight excluding hydrogens is 619 g/mol. The highest BCUT2D eigenvalue weighted by atomic mass is 15.0. The first-order valence-corrected chi connectivity index (χ1v) is 17.3. The zero-order chi connectivity index (χ0) is 33.7. The van der Waals surface area contributed by atoms with Gasteiger partial charge in [0.1, 0.15) is 0 Å². The summed E-state index contributed by atoms with van der Waals surface area (Å²) in [7, 11) is 0. The summed E-state index contributed by atoms with van der Waals surface area (Å²) >= 11 is 0. The Kier molecular flexibility index (Phi) is 6.81. The van der Waals surface area contributed by atoms with Crippen LogP contribution in [0.5, 0.6) is 0 Å². The van der Waals surface area contributed by atoms with Crippen LogP contribution in [0.4, 0.5) is 0 Å². The van der Waals surface area contributed by atoms with Crippen LogP contribution in [0.15, 0.2) is 188 Å². The number of pyridine rings is 2. The molecule has 0 fully saturated rings. The molecule has 238 valence electrons. The highest BCUT2D eigenvalue weighted by Crippen LogP contribution is 2.40. The van der Waals surface area contributed by atoms with E-state index in [2.05, 4.69) is 187 Å². The van der Waals surface area contributed by atoms with Crippen LogP contribution in [0.25, 0.3) is 94.1 Å². The molecule has 3 heterocycles. The lowest BCUT2D eigenvalue weighted by Gasteiger charge is -2.14. The standard InChI is InChI=1S/C48H31N3/c1-4-15-32(16-5-1)36-28-44(33-17-6-2-7-18-33)49-45(29-36)35-21-14-22-37(27-35)51-46-26-13-11-24-39(46)41-30-40-38-23-10-12-25-43(38)50-48(42(40)31-47(41)51)34-19-8-3-9-20-34/h1-31H. The lowest BCUT2D eigenvalue weighted by Crippen LogP contribution is -1.96. The molecule has 10 aromatic rings. The predicted molar refractivity (Wildman–Crippen MR) is 213 cm³/mol. The zero-order valence-corrected chi connectivity index (χ0v) is 27.7. The molecule has 0 saturated heterocycles. The van der Waals surface area contributed by atoms with Gasteiger partial charge in [-0.15, -0.1) is 0 Å². The average molecular weight is 650 g/mol. The van der Waals surface area contributed by atoms with Gasteiger partial charge in [-0.3, -0.25) is 0 Å². The van der Waals surface area contributed by atoms with Crippen LogP contribution in [0.2, 0.25) is 0 Å². The van der Waals surface area contributed by atoms with E-state index in [1.54, 1.807) is 0 Å². The van der Waals surface area contributed by atoms with Gasteiger partial charge in [0.25, 0.3) is 0 Å². The van der Waals surface area contributed by atoms with E-state index in [1.807, 2.05) is 6.07 Å². The third-order valence-electron chi connectivity index (χ3n) is 9.94. The van der Waals surface area contributed by atoms with Gasteiger partial charge in [0.2, 0.25) is 0 Å². The molecule has 3 aromatic heterocycles. The van der Waals surface area contributed by atoms with Gasteiger partial charge in [0.05, 0.1) is 33.6 Å². The van der Waals surface area contributed by atoms with Gasteiger partial charge in [0, 0.05) is 43.9 Å². The van der Waals surface area contributed by atoms with Crippen molar-refractivity contribution in [3.63, 3.8) is 0 Å². The average Bonchev–Trinajstić information content (AvgIpc) is 3.54. The van der Waals surface area contributed by atoms with E-state index in [1.165, 1.54) is 21.7 Å². The van der Waals surface area contributed by atoms with Crippen molar-refractivity contribution in [3.05, 3.63) is 188 Å². The van der Waals surface area contributed by atoms with Crippen LogP contribution < -0.4 is 0 Å². The Morgan fingerprint density at radius 3 is 1.69 bits per heavy atom. The smallest absolute Gasteiger partial charge is 0.0788 e.